The number of hydrogen-bond donors (Lipinski definition) is 1. The molecular weight excluding hydrogens is 362 g/mol. The highest BCUT2D eigenvalue weighted by Gasteiger charge is 2.10. The summed E-state index contributed by atoms with van der Waals surface area (Å²) in [6, 6.07) is 14.6. The Labute approximate surface area is 140 Å². The van der Waals surface area contributed by atoms with Gasteiger partial charge >= 0.3 is 0 Å². The van der Waals surface area contributed by atoms with Gasteiger partial charge in [0.2, 0.25) is 5.82 Å². The van der Waals surface area contributed by atoms with Gasteiger partial charge in [0.1, 0.15) is 5.75 Å². The van der Waals surface area contributed by atoms with E-state index in [9.17, 15) is 4.79 Å². The third kappa shape index (κ3) is 3.75. The molecule has 7 heteroatoms. The maximum atomic E-state index is 10.7. The van der Waals surface area contributed by atoms with E-state index in [0.29, 0.717) is 17.5 Å². The van der Waals surface area contributed by atoms with Gasteiger partial charge in [-0.1, -0.05) is 21.1 Å². The molecular formula is C16H12BrN3O3. The second-order valence-corrected chi connectivity index (χ2v) is 5.63. The number of benzene rings is 2. The Balaban J connectivity index is 1.77. The van der Waals surface area contributed by atoms with Gasteiger partial charge in [-0.05, 0) is 48.5 Å². The molecule has 0 saturated heterocycles. The van der Waals surface area contributed by atoms with E-state index >= 15 is 0 Å². The van der Waals surface area contributed by atoms with Crippen molar-refractivity contribution in [1.29, 1.82) is 0 Å². The molecule has 6 nitrogen and oxygen atoms in total. The standard InChI is InChI=1S/C16H12BrN3O3/c17-12-5-1-11(2-6-12)16-19-15(20-23-16)10-3-7-13(8-4-10)22-9-14(18)21/h1-8H,9H2,(H2,18,21). The normalized spacial score (nSPS) is 10.5. The minimum absolute atomic E-state index is 0.157. The summed E-state index contributed by atoms with van der Waals surface area (Å²) in [6.07, 6.45) is 0. The largest absolute Gasteiger partial charge is 0.484 e. The zero-order valence-electron chi connectivity index (χ0n) is 11.9. The van der Waals surface area contributed by atoms with Crippen molar-refractivity contribution in [2.24, 2.45) is 5.73 Å². The molecule has 2 aromatic carbocycles. The number of halogens is 1. The predicted octanol–water partition coefficient (Wildman–Crippen LogP) is 3.03. The SMILES string of the molecule is NC(=O)COc1ccc(-c2noc(-c3ccc(Br)cc3)n2)cc1. The zero-order chi connectivity index (χ0) is 16.2. The molecule has 0 bridgehead atoms. The first kappa shape index (κ1) is 15.2. The maximum absolute atomic E-state index is 10.7. The zero-order valence-corrected chi connectivity index (χ0v) is 13.5. The summed E-state index contributed by atoms with van der Waals surface area (Å²) in [5.41, 5.74) is 6.65. The Kier molecular flexibility index (Phi) is 4.38. The fourth-order valence-electron chi connectivity index (χ4n) is 1.91. The highest BCUT2D eigenvalue weighted by atomic mass is 79.9. The van der Waals surface area contributed by atoms with Gasteiger partial charge in [-0.15, -0.1) is 0 Å². The fourth-order valence-corrected chi connectivity index (χ4v) is 2.17. The van der Waals surface area contributed by atoms with E-state index in [4.69, 9.17) is 15.0 Å². The smallest absolute Gasteiger partial charge is 0.258 e. The maximum Gasteiger partial charge on any atom is 0.258 e. The quantitative estimate of drug-likeness (QED) is 0.741. The van der Waals surface area contributed by atoms with E-state index in [-0.39, 0.29) is 6.61 Å². The summed E-state index contributed by atoms with van der Waals surface area (Å²) in [5.74, 6) is 0.946. The summed E-state index contributed by atoms with van der Waals surface area (Å²) in [7, 11) is 0. The first-order chi connectivity index (χ1) is 11.1. The molecule has 116 valence electrons. The molecule has 0 aliphatic heterocycles. The van der Waals surface area contributed by atoms with Crippen molar-refractivity contribution in [3.8, 4) is 28.6 Å². The van der Waals surface area contributed by atoms with E-state index < -0.39 is 5.91 Å². The molecule has 3 aromatic rings. The van der Waals surface area contributed by atoms with E-state index in [1.165, 1.54) is 0 Å². The molecule has 0 unspecified atom stereocenters. The molecule has 1 aromatic heterocycles. The highest BCUT2D eigenvalue weighted by Crippen LogP contribution is 2.24. The van der Waals surface area contributed by atoms with Crippen molar-refractivity contribution in [1.82, 2.24) is 10.1 Å². The first-order valence-electron chi connectivity index (χ1n) is 6.73. The molecule has 0 atom stereocenters. The van der Waals surface area contributed by atoms with Crippen molar-refractivity contribution < 1.29 is 14.1 Å². The van der Waals surface area contributed by atoms with Crippen LogP contribution in [-0.2, 0) is 4.79 Å². The number of aromatic nitrogens is 2. The van der Waals surface area contributed by atoms with Gasteiger partial charge in [-0.25, -0.2) is 0 Å². The molecule has 1 amide bonds. The minimum atomic E-state index is -0.522. The van der Waals surface area contributed by atoms with E-state index in [2.05, 4.69) is 26.1 Å². The topological polar surface area (TPSA) is 91.2 Å². The Morgan fingerprint density at radius 1 is 1.09 bits per heavy atom. The molecule has 0 radical (unpaired) electrons. The van der Waals surface area contributed by atoms with Crippen LogP contribution in [0.2, 0.25) is 0 Å². The molecule has 0 aliphatic carbocycles. The number of nitrogens with zero attached hydrogens (tertiary/aromatic N) is 2. The number of carbonyl (C=O) groups excluding carboxylic acids is 1. The third-order valence-corrected chi connectivity index (χ3v) is 3.54. The van der Waals surface area contributed by atoms with Gasteiger partial charge in [-0.2, -0.15) is 4.98 Å². The van der Waals surface area contributed by atoms with Gasteiger partial charge in [0.15, 0.2) is 6.61 Å². The lowest BCUT2D eigenvalue weighted by molar-refractivity contribution is -0.119. The summed E-state index contributed by atoms with van der Waals surface area (Å²) in [4.78, 5) is 15.1. The van der Waals surface area contributed by atoms with Crippen LogP contribution in [0.3, 0.4) is 0 Å². The molecule has 0 fully saturated rings. The number of hydrogen-bond acceptors (Lipinski definition) is 5. The number of amides is 1. The van der Waals surface area contributed by atoms with Crippen LogP contribution >= 0.6 is 15.9 Å². The predicted molar refractivity (Wildman–Crippen MR) is 87.6 cm³/mol. The average molecular weight is 374 g/mol. The molecule has 1 heterocycles. The molecule has 0 spiro atoms. The Morgan fingerprint density at radius 2 is 1.74 bits per heavy atom. The number of carbonyl (C=O) groups is 1. The van der Waals surface area contributed by atoms with Gasteiger partial charge in [0, 0.05) is 15.6 Å². The Bertz CT molecular complexity index is 813. The minimum Gasteiger partial charge on any atom is -0.484 e. The second kappa shape index (κ2) is 6.62. The number of rotatable bonds is 5. The molecule has 0 saturated carbocycles. The van der Waals surface area contributed by atoms with Gasteiger partial charge in [0.05, 0.1) is 0 Å². The average Bonchev–Trinajstić information content (AvgIpc) is 3.04. The lowest BCUT2D eigenvalue weighted by Crippen LogP contribution is -2.19. The van der Waals surface area contributed by atoms with Gasteiger partial charge in [0.25, 0.3) is 11.8 Å². The van der Waals surface area contributed by atoms with Crippen LogP contribution in [0.15, 0.2) is 57.5 Å². The van der Waals surface area contributed by atoms with E-state index in [0.717, 1.165) is 15.6 Å². The lowest BCUT2D eigenvalue weighted by Gasteiger charge is -2.03. The Morgan fingerprint density at radius 3 is 2.39 bits per heavy atom. The molecule has 3 rings (SSSR count). The van der Waals surface area contributed by atoms with Crippen molar-refractivity contribution in [3.05, 3.63) is 53.0 Å². The summed E-state index contributed by atoms with van der Waals surface area (Å²) in [5, 5.41) is 3.98. The fraction of sp³-hybridized carbons (Fsp3) is 0.0625. The second-order valence-electron chi connectivity index (χ2n) is 4.71. The van der Waals surface area contributed by atoms with E-state index in [1.54, 1.807) is 24.3 Å². The monoisotopic (exact) mass is 373 g/mol. The van der Waals surface area contributed by atoms with Crippen molar-refractivity contribution >= 4 is 21.8 Å². The summed E-state index contributed by atoms with van der Waals surface area (Å²) < 4.78 is 11.5. The number of primary amides is 1. The van der Waals surface area contributed by atoms with Crippen LogP contribution in [0.5, 0.6) is 5.75 Å². The van der Waals surface area contributed by atoms with Crippen molar-refractivity contribution in [2.75, 3.05) is 6.61 Å². The summed E-state index contributed by atoms with van der Waals surface area (Å²) in [6.45, 7) is -0.157. The number of ether oxygens (including phenoxy) is 1. The van der Waals surface area contributed by atoms with Crippen LogP contribution in [0.4, 0.5) is 0 Å². The highest BCUT2D eigenvalue weighted by molar-refractivity contribution is 9.10. The molecule has 23 heavy (non-hydrogen) atoms. The van der Waals surface area contributed by atoms with Crippen LogP contribution in [0.1, 0.15) is 0 Å². The lowest BCUT2D eigenvalue weighted by atomic mass is 10.2. The Hall–Kier alpha value is -2.67. The van der Waals surface area contributed by atoms with Crippen LogP contribution in [0, 0.1) is 0 Å². The third-order valence-electron chi connectivity index (χ3n) is 3.01. The van der Waals surface area contributed by atoms with Gasteiger partial charge in [-0.3, -0.25) is 4.79 Å². The van der Waals surface area contributed by atoms with Crippen molar-refractivity contribution in [2.45, 2.75) is 0 Å². The molecule has 0 aliphatic rings. The molecule has 2 N–H and O–H groups in total. The van der Waals surface area contributed by atoms with Crippen LogP contribution < -0.4 is 10.5 Å². The van der Waals surface area contributed by atoms with Crippen LogP contribution in [-0.4, -0.2) is 22.7 Å². The van der Waals surface area contributed by atoms with Crippen LogP contribution in [0.25, 0.3) is 22.8 Å². The first-order valence-corrected chi connectivity index (χ1v) is 7.52. The van der Waals surface area contributed by atoms with E-state index in [1.807, 2.05) is 24.3 Å². The van der Waals surface area contributed by atoms with Gasteiger partial charge < -0.3 is 15.0 Å². The number of nitrogens with two attached hydrogens (primary N) is 1. The summed E-state index contributed by atoms with van der Waals surface area (Å²) >= 11 is 3.38. The van der Waals surface area contributed by atoms with Crippen molar-refractivity contribution in [3.63, 3.8) is 0 Å².